The minimum atomic E-state index is 1.13. The van der Waals surface area contributed by atoms with E-state index in [2.05, 4.69) is 78.9 Å². The van der Waals surface area contributed by atoms with Crippen LogP contribution in [0.5, 0.6) is 0 Å². The molecule has 0 N–H and O–H groups in total. The topological polar surface area (TPSA) is 0 Å². The Balaban J connectivity index is 1.73. The summed E-state index contributed by atoms with van der Waals surface area (Å²) in [4.78, 5) is 0. The number of hydrogen-bond donors (Lipinski definition) is 0. The van der Waals surface area contributed by atoms with Crippen molar-refractivity contribution >= 4 is 10.8 Å². The van der Waals surface area contributed by atoms with Crippen LogP contribution in [0, 0.1) is 6.07 Å². The van der Waals surface area contributed by atoms with Crippen molar-refractivity contribution in [1.29, 1.82) is 0 Å². The lowest BCUT2D eigenvalue weighted by molar-refractivity contribution is 1.59. The zero-order chi connectivity index (χ0) is 14.8. The molecular formula is C22H15. The van der Waals surface area contributed by atoms with Gasteiger partial charge in [0.1, 0.15) is 0 Å². The fourth-order valence-electron chi connectivity index (χ4n) is 2.78. The highest BCUT2D eigenvalue weighted by molar-refractivity contribution is 5.87. The smallest absolute Gasteiger partial charge is 0.00992 e. The van der Waals surface area contributed by atoms with E-state index in [1.807, 2.05) is 18.2 Å². The monoisotopic (exact) mass is 279 g/mol. The molecule has 103 valence electrons. The number of fused-ring (bicyclic) bond motifs is 1. The Morgan fingerprint density at radius 1 is 0.500 bits per heavy atom. The summed E-state index contributed by atoms with van der Waals surface area (Å²) in [6, 6.07) is 35.1. The molecule has 4 aromatic carbocycles. The van der Waals surface area contributed by atoms with Crippen molar-refractivity contribution in [2.45, 2.75) is 0 Å². The van der Waals surface area contributed by atoms with Gasteiger partial charge in [0.25, 0.3) is 0 Å². The Kier molecular flexibility index (Phi) is 3.21. The summed E-state index contributed by atoms with van der Waals surface area (Å²) in [6.07, 6.45) is 0. The molecule has 0 atom stereocenters. The second-order valence-corrected chi connectivity index (χ2v) is 5.42. The lowest BCUT2D eigenvalue weighted by Gasteiger charge is -2.06. The van der Waals surface area contributed by atoms with Crippen LogP contribution < -0.4 is 0 Å². The molecule has 22 heavy (non-hydrogen) atoms. The lowest BCUT2D eigenvalue weighted by Crippen LogP contribution is -1.81. The third-order valence-electron chi connectivity index (χ3n) is 3.99. The molecule has 0 amide bonds. The molecule has 0 heteroatoms. The average Bonchev–Trinajstić information content (AvgIpc) is 2.62. The van der Waals surface area contributed by atoms with Crippen molar-refractivity contribution in [2.24, 2.45) is 0 Å². The maximum Gasteiger partial charge on any atom is -0.00992 e. The minimum Gasteiger partial charge on any atom is -0.0616 e. The second-order valence-electron chi connectivity index (χ2n) is 5.42. The van der Waals surface area contributed by atoms with Gasteiger partial charge < -0.3 is 0 Å². The number of rotatable bonds is 2. The Bertz CT molecular complexity index is 903. The highest BCUT2D eigenvalue weighted by Gasteiger charge is 2.01. The first-order valence-corrected chi connectivity index (χ1v) is 7.46. The standard InChI is InChI=1S/C22H15/c1-2-6-17(7-3-1)19-10-12-20(13-11-19)22-15-14-18-8-4-5-9-21(18)16-22/h1-6,8-16H. The first-order valence-electron chi connectivity index (χ1n) is 7.46. The van der Waals surface area contributed by atoms with Gasteiger partial charge in [0.2, 0.25) is 0 Å². The first-order chi connectivity index (χ1) is 10.9. The zero-order valence-corrected chi connectivity index (χ0v) is 12.2. The van der Waals surface area contributed by atoms with E-state index in [4.69, 9.17) is 0 Å². The van der Waals surface area contributed by atoms with Crippen molar-refractivity contribution in [1.82, 2.24) is 0 Å². The molecule has 0 spiro atoms. The molecule has 0 heterocycles. The molecule has 0 nitrogen and oxygen atoms in total. The molecule has 0 bridgehead atoms. The highest BCUT2D eigenvalue weighted by Crippen LogP contribution is 2.27. The molecule has 0 aliphatic carbocycles. The van der Waals surface area contributed by atoms with Gasteiger partial charge in [-0.2, -0.15) is 0 Å². The summed E-state index contributed by atoms with van der Waals surface area (Å²) in [7, 11) is 0. The minimum absolute atomic E-state index is 1.13. The third-order valence-corrected chi connectivity index (χ3v) is 3.99. The average molecular weight is 279 g/mol. The van der Waals surface area contributed by atoms with Crippen LogP contribution in [0.2, 0.25) is 0 Å². The van der Waals surface area contributed by atoms with Gasteiger partial charge >= 0.3 is 0 Å². The summed E-state index contributed by atoms with van der Waals surface area (Å²) < 4.78 is 0. The van der Waals surface area contributed by atoms with Gasteiger partial charge in [-0.3, -0.25) is 0 Å². The first kappa shape index (κ1) is 12.8. The molecule has 0 unspecified atom stereocenters. The fourth-order valence-corrected chi connectivity index (χ4v) is 2.78. The normalized spacial score (nSPS) is 10.7. The third kappa shape index (κ3) is 2.40. The molecule has 0 saturated carbocycles. The van der Waals surface area contributed by atoms with Crippen molar-refractivity contribution in [2.75, 3.05) is 0 Å². The van der Waals surface area contributed by atoms with Crippen LogP contribution in [0.15, 0.2) is 91.0 Å². The van der Waals surface area contributed by atoms with E-state index in [0.29, 0.717) is 0 Å². The zero-order valence-electron chi connectivity index (χ0n) is 12.2. The maximum atomic E-state index is 3.27. The van der Waals surface area contributed by atoms with Crippen LogP contribution >= 0.6 is 0 Å². The second kappa shape index (κ2) is 5.50. The summed E-state index contributed by atoms with van der Waals surface area (Å²) in [5.74, 6) is 0. The summed E-state index contributed by atoms with van der Waals surface area (Å²) in [5.41, 5.74) is 4.82. The van der Waals surface area contributed by atoms with E-state index in [-0.39, 0.29) is 0 Å². The SMILES string of the molecule is [c]1ccccc1-c1ccc(-c2ccc3ccccc3c2)cc1. The Morgan fingerprint density at radius 3 is 1.95 bits per heavy atom. The summed E-state index contributed by atoms with van der Waals surface area (Å²) >= 11 is 0. The van der Waals surface area contributed by atoms with Crippen molar-refractivity contribution in [3.63, 3.8) is 0 Å². The lowest BCUT2D eigenvalue weighted by atomic mass is 9.98. The molecule has 0 aromatic heterocycles. The van der Waals surface area contributed by atoms with Crippen LogP contribution in [0.3, 0.4) is 0 Å². The van der Waals surface area contributed by atoms with Gasteiger partial charge in [-0.25, -0.2) is 0 Å². The van der Waals surface area contributed by atoms with Crippen LogP contribution in [0.4, 0.5) is 0 Å². The fraction of sp³-hybridized carbons (Fsp3) is 0. The van der Waals surface area contributed by atoms with E-state index < -0.39 is 0 Å². The number of benzene rings is 4. The van der Waals surface area contributed by atoms with Gasteiger partial charge in [-0.1, -0.05) is 84.9 Å². The molecule has 4 aromatic rings. The van der Waals surface area contributed by atoms with Gasteiger partial charge in [-0.05, 0) is 45.2 Å². The molecule has 0 aliphatic heterocycles. The van der Waals surface area contributed by atoms with Gasteiger partial charge in [-0.15, -0.1) is 0 Å². The van der Waals surface area contributed by atoms with Crippen molar-refractivity contribution in [3.8, 4) is 22.3 Å². The predicted octanol–water partition coefficient (Wildman–Crippen LogP) is 5.97. The molecule has 0 aliphatic rings. The van der Waals surface area contributed by atoms with Crippen molar-refractivity contribution < 1.29 is 0 Å². The van der Waals surface area contributed by atoms with Crippen LogP contribution in [-0.4, -0.2) is 0 Å². The van der Waals surface area contributed by atoms with E-state index in [0.717, 1.165) is 5.56 Å². The Labute approximate surface area is 130 Å². The van der Waals surface area contributed by atoms with Crippen LogP contribution in [0.25, 0.3) is 33.0 Å². The van der Waals surface area contributed by atoms with E-state index >= 15 is 0 Å². The van der Waals surface area contributed by atoms with Crippen LogP contribution in [0.1, 0.15) is 0 Å². The molecule has 4 rings (SSSR count). The van der Waals surface area contributed by atoms with Gasteiger partial charge in [0.05, 0.1) is 0 Å². The Morgan fingerprint density at radius 2 is 1.18 bits per heavy atom. The maximum absolute atomic E-state index is 3.27. The number of hydrogen-bond acceptors (Lipinski definition) is 0. The highest BCUT2D eigenvalue weighted by atomic mass is 14.1. The molecule has 0 saturated heterocycles. The van der Waals surface area contributed by atoms with Gasteiger partial charge in [0.15, 0.2) is 0 Å². The Hall–Kier alpha value is -2.86. The van der Waals surface area contributed by atoms with Gasteiger partial charge in [0, 0.05) is 0 Å². The predicted molar refractivity (Wildman–Crippen MR) is 93.7 cm³/mol. The molecular weight excluding hydrogens is 264 g/mol. The van der Waals surface area contributed by atoms with E-state index in [1.54, 1.807) is 0 Å². The van der Waals surface area contributed by atoms with E-state index in [1.165, 1.54) is 27.5 Å². The summed E-state index contributed by atoms with van der Waals surface area (Å²) in [6.45, 7) is 0. The quantitative estimate of drug-likeness (QED) is 0.424. The van der Waals surface area contributed by atoms with Crippen molar-refractivity contribution in [3.05, 3.63) is 97.1 Å². The van der Waals surface area contributed by atoms with E-state index in [9.17, 15) is 0 Å². The summed E-state index contributed by atoms with van der Waals surface area (Å²) in [5, 5.41) is 2.56. The van der Waals surface area contributed by atoms with Crippen LogP contribution in [-0.2, 0) is 0 Å². The molecule has 1 radical (unpaired) electrons. The molecule has 0 fully saturated rings. The largest absolute Gasteiger partial charge is 0.0616 e.